The lowest BCUT2D eigenvalue weighted by Crippen LogP contribution is -2.23. The van der Waals surface area contributed by atoms with Gasteiger partial charge < -0.3 is 5.73 Å². The van der Waals surface area contributed by atoms with E-state index in [9.17, 15) is 10.1 Å². The van der Waals surface area contributed by atoms with Crippen molar-refractivity contribution in [3.8, 4) is 0 Å². The molecule has 2 N–H and O–H groups in total. The van der Waals surface area contributed by atoms with Gasteiger partial charge in [0, 0.05) is 42.2 Å². The van der Waals surface area contributed by atoms with Gasteiger partial charge in [0.05, 0.1) is 4.92 Å². The minimum atomic E-state index is -0.350. The Morgan fingerprint density at radius 2 is 1.92 bits per heavy atom. The van der Waals surface area contributed by atoms with E-state index in [0.717, 1.165) is 13.1 Å². The van der Waals surface area contributed by atoms with Crippen LogP contribution >= 0.6 is 24.0 Å². The summed E-state index contributed by atoms with van der Waals surface area (Å²) in [5.74, 6) is 0.708. The third kappa shape index (κ3) is 4.50. The predicted molar refractivity (Wildman–Crippen MR) is 102 cm³/mol. The fourth-order valence-corrected chi connectivity index (χ4v) is 3.70. The van der Waals surface area contributed by atoms with Gasteiger partial charge in [-0.2, -0.15) is 0 Å². The summed E-state index contributed by atoms with van der Waals surface area (Å²) in [6.45, 7) is 2.79. The molecule has 25 heavy (non-hydrogen) atoms. The number of hydrogen-bond donors (Lipinski definition) is 1. The Bertz CT molecular complexity index is 728. The van der Waals surface area contributed by atoms with E-state index in [0.29, 0.717) is 35.5 Å². The Labute approximate surface area is 158 Å². The number of nitro groups is 1. The first-order valence-corrected chi connectivity index (χ1v) is 8.36. The van der Waals surface area contributed by atoms with Gasteiger partial charge in [-0.05, 0) is 30.2 Å². The molecule has 1 heterocycles. The summed E-state index contributed by atoms with van der Waals surface area (Å²) in [7, 11) is 0. The van der Waals surface area contributed by atoms with E-state index < -0.39 is 0 Å². The van der Waals surface area contributed by atoms with Gasteiger partial charge in [0.25, 0.3) is 5.69 Å². The molecule has 7 heteroatoms. The quantitative estimate of drug-likeness (QED) is 0.630. The molecule has 1 aliphatic rings. The largest absolute Gasteiger partial charge is 0.330 e. The molecule has 5 nitrogen and oxygen atoms in total. The van der Waals surface area contributed by atoms with Gasteiger partial charge in [-0.1, -0.05) is 41.9 Å². The lowest BCUT2D eigenvalue weighted by Gasteiger charge is -2.17. The molecule has 0 saturated carbocycles. The van der Waals surface area contributed by atoms with Crippen LogP contribution in [0.4, 0.5) is 5.69 Å². The average Bonchev–Trinajstić information content (AvgIpc) is 2.98. The van der Waals surface area contributed by atoms with E-state index in [4.69, 9.17) is 17.3 Å². The highest BCUT2D eigenvalue weighted by Crippen LogP contribution is 2.34. The Balaban J connectivity index is 0.00000225. The van der Waals surface area contributed by atoms with Crippen molar-refractivity contribution in [2.24, 2.45) is 11.7 Å². The zero-order valence-corrected chi connectivity index (χ0v) is 15.2. The summed E-state index contributed by atoms with van der Waals surface area (Å²) in [5.41, 5.74) is 8.00. The van der Waals surface area contributed by atoms with Crippen LogP contribution < -0.4 is 5.73 Å². The number of hydrogen-bond acceptors (Lipinski definition) is 4. The average molecular weight is 382 g/mol. The number of halogens is 2. The molecule has 0 amide bonds. The van der Waals surface area contributed by atoms with Crippen molar-refractivity contribution in [3.63, 3.8) is 0 Å². The maximum Gasteiger partial charge on any atom is 0.273 e. The summed E-state index contributed by atoms with van der Waals surface area (Å²) in [5, 5.41) is 11.8. The predicted octanol–water partition coefficient (Wildman–Crippen LogP) is 3.84. The maximum atomic E-state index is 11.2. The fourth-order valence-electron chi connectivity index (χ4n) is 3.51. The van der Waals surface area contributed by atoms with Crippen molar-refractivity contribution >= 4 is 29.7 Å². The summed E-state index contributed by atoms with van der Waals surface area (Å²) < 4.78 is 0. The topological polar surface area (TPSA) is 72.4 Å². The van der Waals surface area contributed by atoms with E-state index in [2.05, 4.69) is 17.0 Å². The van der Waals surface area contributed by atoms with Crippen molar-refractivity contribution in [3.05, 3.63) is 74.8 Å². The molecular weight excluding hydrogens is 361 g/mol. The molecule has 0 radical (unpaired) electrons. The lowest BCUT2D eigenvalue weighted by atomic mass is 9.89. The minimum Gasteiger partial charge on any atom is -0.330 e. The highest BCUT2D eigenvalue weighted by atomic mass is 35.5. The molecule has 3 rings (SSSR count). The zero-order valence-electron chi connectivity index (χ0n) is 13.7. The van der Waals surface area contributed by atoms with Gasteiger partial charge in [-0.15, -0.1) is 12.4 Å². The fraction of sp³-hybridized carbons (Fsp3) is 0.333. The minimum absolute atomic E-state index is 0. The molecule has 0 aromatic heterocycles. The molecule has 1 saturated heterocycles. The molecule has 0 aliphatic carbocycles. The van der Waals surface area contributed by atoms with Crippen LogP contribution in [0.2, 0.25) is 5.02 Å². The van der Waals surface area contributed by atoms with Gasteiger partial charge in [-0.3, -0.25) is 15.0 Å². The molecule has 134 valence electrons. The van der Waals surface area contributed by atoms with Crippen molar-refractivity contribution in [1.82, 2.24) is 4.90 Å². The van der Waals surface area contributed by atoms with Crippen LogP contribution in [0.3, 0.4) is 0 Å². The van der Waals surface area contributed by atoms with Crippen LogP contribution in [0.15, 0.2) is 48.5 Å². The first-order chi connectivity index (χ1) is 11.6. The Hall–Kier alpha value is -1.66. The van der Waals surface area contributed by atoms with Crippen LogP contribution in [0, 0.1) is 16.0 Å². The SMILES string of the molecule is Cl.NC[C@@H]1CN(Cc2cc(Cl)ccc2[N+](=O)[O-])C[C@H]1c1ccccc1. The van der Waals surface area contributed by atoms with Gasteiger partial charge >= 0.3 is 0 Å². The number of rotatable bonds is 5. The lowest BCUT2D eigenvalue weighted by molar-refractivity contribution is -0.385. The molecular formula is C18H21Cl2N3O2. The van der Waals surface area contributed by atoms with Crippen LogP contribution in [0.5, 0.6) is 0 Å². The Morgan fingerprint density at radius 3 is 2.56 bits per heavy atom. The Morgan fingerprint density at radius 1 is 1.20 bits per heavy atom. The van der Waals surface area contributed by atoms with Gasteiger partial charge in [0.1, 0.15) is 0 Å². The van der Waals surface area contributed by atoms with E-state index in [1.807, 2.05) is 18.2 Å². The van der Waals surface area contributed by atoms with Crippen molar-refractivity contribution in [2.45, 2.75) is 12.5 Å². The molecule has 2 aromatic rings. The molecule has 0 unspecified atom stereocenters. The smallest absolute Gasteiger partial charge is 0.273 e. The summed E-state index contributed by atoms with van der Waals surface area (Å²) in [6.07, 6.45) is 0. The standard InChI is InChI=1S/C18H20ClN3O2.ClH/c19-16-6-7-18(22(23)24)14(8-16)10-21-11-15(9-20)17(12-21)13-4-2-1-3-5-13;/h1-8,15,17H,9-12,20H2;1H/t15-,17+;/m1./s1. The zero-order chi connectivity index (χ0) is 17.1. The van der Waals surface area contributed by atoms with Gasteiger partial charge in [0.2, 0.25) is 0 Å². The maximum absolute atomic E-state index is 11.2. The van der Waals surface area contributed by atoms with E-state index >= 15 is 0 Å². The summed E-state index contributed by atoms with van der Waals surface area (Å²) in [6, 6.07) is 15.0. The van der Waals surface area contributed by atoms with E-state index in [1.165, 1.54) is 11.6 Å². The molecule has 0 spiro atoms. The normalized spacial score (nSPS) is 20.2. The summed E-state index contributed by atoms with van der Waals surface area (Å²) in [4.78, 5) is 13.1. The first-order valence-electron chi connectivity index (χ1n) is 7.98. The highest BCUT2D eigenvalue weighted by Gasteiger charge is 2.33. The number of nitrogens with two attached hydrogens (primary N) is 1. The van der Waals surface area contributed by atoms with Crippen LogP contribution in [0.1, 0.15) is 17.0 Å². The second-order valence-electron chi connectivity index (χ2n) is 6.24. The van der Waals surface area contributed by atoms with E-state index in [-0.39, 0.29) is 23.0 Å². The Kier molecular flexibility index (Phi) is 6.79. The third-order valence-corrected chi connectivity index (χ3v) is 4.91. The first kappa shape index (κ1) is 19.7. The van der Waals surface area contributed by atoms with Crippen molar-refractivity contribution < 1.29 is 4.92 Å². The highest BCUT2D eigenvalue weighted by molar-refractivity contribution is 6.30. The van der Waals surface area contributed by atoms with Crippen LogP contribution in [-0.2, 0) is 6.54 Å². The monoisotopic (exact) mass is 381 g/mol. The molecule has 1 fully saturated rings. The third-order valence-electron chi connectivity index (χ3n) is 4.68. The summed E-state index contributed by atoms with van der Waals surface area (Å²) >= 11 is 6.03. The van der Waals surface area contributed by atoms with Gasteiger partial charge in [0.15, 0.2) is 0 Å². The number of likely N-dealkylation sites (tertiary alicyclic amines) is 1. The van der Waals surface area contributed by atoms with Crippen molar-refractivity contribution in [2.75, 3.05) is 19.6 Å². The number of nitro benzene ring substituents is 1. The number of benzene rings is 2. The van der Waals surface area contributed by atoms with Crippen LogP contribution in [0.25, 0.3) is 0 Å². The van der Waals surface area contributed by atoms with Gasteiger partial charge in [-0.25, -0.2) is 0 Å². The van der Waals surface area contributed by atoms with Crippen molar-refractivity contribution in [1.29, 1.82) is 0 Å². The molecule has 2 atom stereocenters. The molecule has 1 aliphatic heterocycles. The number of nitrogens with zero attached hydrogens (tertiary/aromatic N) is 2. The van der Waals surface area contributed by atoms with Crippen LogP contribution in [-0.4, -0.2) is 29.5 Å². The van der Waals surface area contributed by atoms with E-state index in [1.54, 1.807) is 12.1 Å². The second kappa shape index (κ2) is 8.63. The molecule has 2 aromatic carbocycles. The molecule has 0 bridgehead atoms. The second-order valence-corrected chi connectivity index (χ2v) is 6.67.